The Hall–Kier alpha value is 0. The molecule has 0 heterocycles. The Kier molecular flexibility index (Phi) is 4.33. The minimum Gasteiger partial charge on any atom is -0.0651 e. The molecule has 0 aromatic carbocycles. The van der Waals surface area contributed by atoms with Gasteiger partial charge in [0.05, 0.1) is 0 Å². The highest BCUT2D eigenvalue weighted by atomic mass is 14.5. The number of hydrogen-bond acceptors (Lipinski definition) is 0. The first-order valence-corrected chi connectivity index (χ1v) is 7.77. The van der Waals surface area contributed by atoms with Gasteiger partial charge in [-0.25, -0.2) is 0 Å². The Morgan fingerprint density at radius 3 is 2.38 bits per heavy atom. The van der Waals surface area contributed by atoms with Crippen molar-refractivity contribution < 1.29 is 0 Å². The average molecular weight is 222 g/mol. The monoisotopic (exact) mass is 222 g/mol. The van der Waals surface area contributed by atoms with Gasteiger partial charge in [0.2, 0.25) is 0 Å². The molecule has 0 heteroatoms. The van der Waals surface area contributed by atoms with E-state index in [0.717, 1.165) is 17.3 Å². The minimum atomic E-state index is 0.884. The second-order valence-electron chi connectivity index (χ2n) is 6.60. The molecule has 2 rings (SSSR count). The van der Waals surface area contributed by atoms with Crippen molar-refractivity contribution in [2.75, 3.05) is 0 Å². The zero-order chi connectivity index (χ0) is 11.4. The lowest BCUT2D eigenvalue weighted by molar-refractivity contribution is 0.170. The van der Waals surface area contributed by atoms with E-state index in [0.29, 0.717) is 0 Å². The summed E-state index contributed by atoms with van der Waals surface area (Å²) in [4.78, 5) is 0. The van der Waals surface area contributed by atoms with Crippen LogP contribution in [0.4, 0.5) is 0 Å². The second kappa shape index (κ2) is 5.56. The van der Waals surface area contributed by atoms with Crippen molar-refractivity contribution in [3.8, 4) is 0 Å². The molecule has 2 fully saturated rings. The van der Waals surface area contributed by atoms with E-state index in [-0.39, 0.29) is 0 Å². The van der Waals surface area contributed by atoms with Gasteiger partial charge in [0, 0.05) is 0 Å². The smallest absolute Gasteiger partial charge is 0.0269 e. The maximum atomic E-state index is 2.40. The van der Waals surface area contributed by atoms with E-state index in [9.17, 15) is 0 Å². The molecule has 0 aromatic heterocycles. The first-order valence-electron chi connectivity index (χ1n) is 7.77. The van der Waals surface area contributed by atoms with Crippen LogP contribution in [0.25, 0.3) is 0 Å². The lowest BCUT2D eigenvalue weighted by Crippen LogP contribution is -2.23. The third-order valence-electron chi connectivity index (χ3n) is 5.43. The van der Waals surface area contributed by atoms with E-state index < -0.39 is 0 Å². The van der Waals surface area contributed by atoms with Crippen LogP contribution in [0, 0.1) is 17.3 Å². The van der Waals surface area contributed by atoms with Crippen molar-refractivity contribution in [3.05, 3.63) is 0 Å². The van der Waals surface area contributed by atoms with E-state index in [4.69, 9.17) is 0 Å². The third-order valence-corrected chi connectivity index (χ3v) is 5.43. The molecule has 16 heavy (non-hydrogen) atoms. The predicted octanol–water partition coefficient (Wildman–Crippen LogP) is 5.56. The Balaban J connectivity index is 1.51. The van der Waals surface area contributed by atoms with Gasteiger partial charge in [-0.15, -0.1) is 0 Å². The summed E-state index contributed by atoms with van der Waals surface area (Å²) in [6.07, 6.45) is 16.7. The van der Waals surface area contributed by atoms with E-state index in [2.05, 4.69) is 13.8 Å². The first-order chi connectivity index (χ1) is 7.77. The molecule has 2 saturated carbocycles. The molecule has 0 N–H and O–H groups in total. The lowest BCUT2D eigenvalue weighted by Gasteiger charge is -2.34. The van der Waals surface area contributed by atoms with Gasteiger partial charge >= 0.3 is 0 Å². The van der Waals surface area contributed by atoms with Gasteiger partial charge in [-0.05, 0) is 49.4 Å². The van der Waals surface area contributed by atoms with Gasteiger partial charge in [-0.2, -0.15) is 0 Å². The summed E-state index contributed by atoms with van der Waals surface area (Å²) in [5.74, 6) is 2.11. The van der Waals surface area contributed by atoms with Gasteiger partial charge in [0.15, 0.2) is 0 Å². The minimum absolute atomic E-state index is 0.884. The molecular weight excluding hydrogens is 192 g/mol. The Labute approximate surface area is 102 Å². The molecule has 94 valence electrons. The summed E-state index contributed by atoms with van der Waals surface area (Å²) < 4.78 is 0. The average Bonchev–Trinajstić information content (AvgIpc) is 2.95. The molecule has 0 nitrogen and oxygen atoms in total. The van der Waals surface area contributed by atoms with Crippen molar-refractivity contribution >= 4 is 0 Å². The molecule has 1 atom stereocenters. The largest absolute Gasteiger partial charge is 0.0651 e. The van der Waals surface area contributed by atoms with E-state index in [1.54, 1.807) is 32.1 Å². The van der Waals surface area contributed by atoms with Crippen LogP contribution < -0.4 is 0 Å². The van der Waals surface area contributed by atoms with Gasteiger partial charge in [-0.3, -0.25) is 0 Å². The third kappa shape index (κ3) is 3.02. The van der Waals surface area contributed by atoms with Crippen LogP contribution in [0.15, 0.2) is 0 Å². The van der Waals surface area contributed by atoms with Crippen LogP contribution in [-0.4, -0.2) is 0 Å². The quantitative estimate of drug-likeness (QED) is 0.471. The van der Waals surface area contributed by atoms with Crippen molar-refractivity contribution in [1.82, 2.24) is 0 Å². The Morgan fingerprint density at radius 2 is 1.88 bits per heavy atom. The fraction of sp³-hybridized carbons (Fsp3) is 1.00. The SMILES string of the molecule is CCC(C)CCCCCC1(C2CCC2)CC1. The lowest BCUT2D eigenvalue weighted by atomic mass is 9.71. The number of unbranched alkanes of at least 4 members (excludes halogenated alkanes) is 2. The van der Waals surface area contributed by atoms with Crippen LogP contribution in [0.5, 0.6) is 0 Å². The summed E-state index contributed by atoms with van der Waals surface area (Å²) in [6, 6.07) is 0. The van der Waals surface area contributed by atoms with E-state index in [1.165, 1.54) is 38.5 Å². The summed E-state index contributed by atoms with van der Waals surface area (Å²) in [7, 11) is 0. The maximum Gasteiger partial charge on any atom is -0.0269 e. The van der Waals surface area contributed by atoms with Gasteiger partial charge < -0.3 is 0 Å². The topological polar surface area (TPSA) is 0 Å². The first kappa shape index (κ1) is 12.5. The standard InChI is InChI=1S/C16H30/c1-3-14(2)8-5-4-6-11-16(12-13-16)15-9-7-10-15/h14-15H,3-13H2,1-2H3. The molecule has 1 unspecified atom stereocenters. The fourth-order valence-electron chi connectivity index (χ4n) is 3.39. The highest BCUT2D eigenvalue weighted by Gasteiger charge is 2.49. The van der Waals surface area contributed by atoms with Crippen LogP contribution in [0.2, 0.25) is 0 Å². The number of rotatable bonds is 8. The zero-order valence-electron chi connectivity index (χ0n) is 11.4. The normalized spacial score (nSPS) is 25.1. The van der Waals surface area contributed by atoms with Crippen molar-refractivity contribution in [1.29, 1.82) is 0 Å². The molecule has 0 saturated heterocycles. The molecule has 0 spiro atoms. The second-order valence-corrected chi connectivity index (χ2v) is 6.60. The van der Waals surface area contributed by atoms with Gasteiger partial charge in [-0.1, -0.05) is 52.4 Å². The maximum absolute atomic E-state index is 2.40. The molecule has 0 radical (unpaired) electrons. The highest BCUT2D eigenvalue weighted by Crippen LogP contribution is 2.61. The van der Waals surface area contributed by atoms with E-state index in [1.807, 2.05) is 0 Å². The summed E-state index contributed by atoms with van der Waals surface area (Å²) in [5.41, 5.74) is 0.884. The number of hydrogen-bond donors (Lipinski definition) is 0. The Bertz CT molecular complexity index is 198. The molecular formula is C16H30. The molecule has 0 amide bonds. The summed E-state index contributed by atoms with van der Waals surface area (Å²) in [5, 5.41) is 0. The Morgan fingerprint density at radius 1 is 1.12 bits per heavy atom. The fourth-order valence-corrected chi connectivity index (χ4v) is 3.39. The van der Waals surface area contributed by atoms with Crippen molar-refractivity contribution in [3.63, 3.8) is 0 Å². The molecule has 2 aliphatic carbocycles. The van der Waals surface area contributed by atoms with Crippen LogP contribution in [-0.2, 0) is 0 Å². The molecule has 0 aliphatic heterocycles. The predicted molar refractivity (Wildman–Crippen MR) is 71.5 cm³/mol. The van der Waals surface area contributed by atoms with E-state index >= 15 is 0 Å². The van der Waals surface area contributed by atoms with Gasteiger partial charge in [0.25, 0.3) is 0 Å². The summed E-state index contributed by atoms with van der Waals surface area (Å²) in [6.45, 7) is 4.72. The molecule has 0 bridgehead atoms. The van der Waals surface area contributed by atoms with Crippen LogP contribution >= 0.6 is 0 Å². The van der Waals surface area contributed by atoms with Crippen molar-refractivity contribution in [2.24, 2.45) is 17.3 Å². The summed E-state index contributed by atoms with van der Waals surface area (Å²) >= 11 is 0. The van der Waals surface area contributed by atoms with Crippen molar-refractivity contribution in [2.45, 2.75) is 84.5 Å². The zero-order valence-corrected chi connectivity index (χ0v) is 11.4. The van der Waals surface area contributed by atoms with Crippen LogP contribution in [0.3, 0.4) is 0 Å². The molecule has 2 aliphatic rings. The van der Waals surface area contributed by atoms with Crippen LogP contribution in [0.1, 0.15) is 84.5 Å². The van der Waals surface area contributed by atoms with Gasteiger partial charge in [0.1, 0.15) is 0 Å². The highest BCUT2D eigenvalue weighted by molar-refractivity contribution is 5.00. The molecule has 0 aromatic rings.